The number of nitrogens with zero attached hydrogens (tertiary/aromatic N) is 1. The molecular formula is C14H16IN. The molecule has 0 saturated heterocycles. The second kappa shape index (κ2) is 5.49. The Hall–Kier alpha value is -0.820. The summed E-state index contributed by atoms with van der Waals surface area (Å²) in [7, 11) is 0. The van der Waals surface area contributed by atoms with Crippen LogP contribution in [0.3, 0.4) is 0 Å². The molecule has 0 atom stereocenters. The second-order valence-electron chi connectivity index (χ2n) is 4.63. The van der Waals surface area contributed by atoms with Gasteiger partial charge in [0, 0.05) is 3.58 Å². The summed E-state index contributed by atoms with van der Waals surface area (Å²) in [6.45, 7) is 6.06. The van der Waals surface area contributed by atoms with E-state index in [0.717, 1.165) is 6.42 Å². The summed E-state index contributed by atoms with van der Waals surface area (Å²) in [5.74, 6) is 0. The van der Waals surface area contributed by atoms with Crippen LogP contribution < -0.4 is 0 Å². The van der Waals surface area contributed by atoms with Gasteiger partial charge in [-0.05, 0) is 55.3 Å². The standard InChI is InChI=1S/C14H16IN/c1-11(9-14(2,3)10-16)13(15)12-7-5-4-6-8-12/h4-8H,9H2,1-3H3/b13-11-. The van der Waals surface area contributed by atoms with E-state index < -0.39 is 0 Å². The quantitative estimate of drug-likeness (QED) is 0.733. The maximum Gasteiger partial charge on any atom is 0.0687 e. The first-order valence-corrected chi connectivity index (χ1v) is 6.36. The Morgan fingerprint density at radius 1 is 1.31 bits per heavy atom. The van der Waals surface area contributed by atoms with Crippen molar-refractivity contribution in [1.29, 1.82) is 5.26 Å². The summed E-state index contributed by atoms with van der Waals surface area (Å²) in [6, 6.07) is 12.6. The highest BCUT2D eigenvalue weighted by Gasteiger charge is 2.18. The van der Waals surface area contributed by atoms with Crippen LogP contribution in [0.1, 0.15) is 32.8 Å². The summed E-state index contributed by atoms with van der Waals surface area (Å²) in [5, 5.41) is 9.02. The van der Waals surface area contributed by atoms with Crippen molar-refractivity contribution < 1.29 is 0 Å². The number of benzene rings is 1. The molecule has 0 saturated carbocycles. The van der Waals surface area contributed by atoms with Crippen LogP contribution in [0.25, 0.3) is 3.58 Å². The van der Waals surface area contributed by atoms with Crippen LogP contribution >= 0.6 is 22.6 Å². The zero-order valence-electron chi connectivity index (χ0n) is 9.92. The van der Waals surface area contributed by atoms with Gasteiger partial charge in [0.2, 0.25) is 0 Å². The molecule has 0 amide bonds. The molecule has 16 heavy (non-hydrogen) atoms. The lowest BCUT2D eigenvalue weighted by Gasteiger charge is -2.16. The molecule has 1 aromatic carbocycles. The van der Waals surface area contributed by atoms with Gasteiger partial charge in [-0.2, -0.15) is 5.26 Å². The third-order valence-corrected chi connectivity index (χ3v) is 3.96. The minimum absolute atomic E-state index is 0.282. The lowest BCUT2D eigenvalue weighted by atomic mass is 9.87. The maximum atomic E-state index is 9.02. The summed E-state index contributed by atoms with van der Waals surface area (Å²) in [4.78, 5) is 0. The Kier molecular flexibility index (Phi) is 4.55. The molecule has 0 aromatic heterocycles. The van der Waals surface area contributed by atoms with Gasteiger partial charge in [0.25, 0.3) is 0 Å². The third kappa shape index (κ3) is 3.64. The Bertz CT molecular complexity index is 424. The van der Waals surface area contributed by atoms with Crippen molar-refractivity contribution in [3.8, 4) is 6.07 Å². The summed E-state index contributed by atoms with van der Waals surface area (Å²) < 4.78 is 1.25. The fraction of sp³-hybridized carbons (Fsp3) is 0.357. The zero-order valence-corrected chi connectivity index (χ0v) is 12.1. The van der Waals surface area contributed by atoms with Gasteiger partial charge in [0.15, 0.2) is 0 Å². The first-order valence-electron chi connectivity index (χ1n) is 5.28. The molecule has 84 valence electrons. The highest BCUT2D eigenvalue weighted by atomic mass is 127. The van der Waals surface area contributed by atoms with Gasteiger partial charge in [-0.3, -0.25) is 0 Å². The minimum atomic E-state index is -0.282. The van der Waals surface area contributed by atoms with Crippen LogP contribution in [0.5, 0.6) is 0 Å². The van der Waals surface area contributed by atoms with Gasteiger partial charge in [0.05, 0.1) is 11.5 Å². The van der Waals surface area contributed by atoms with Crippen molar-refractivity contribution >= 4 is 26.2 Å². The van der Waals surface area contributed by atoms with Gasteiger partial charge >= 0.3 is 0 Å². The molecule has 2 heteroatoms. The van der Waals surface area contributed by atoms with E-state index in [-0.39, 0.29) is 5.41 Å². The summed E-state index contributed by atoms with van der Waals surface area (Å²) in [6.07, 6.45) is 0.816. The van der Waals surface area contributed by atoms with Crippen LogP contribution in [-0.4, -0.2) is 0 Å². The van der Waals surface area contributed by atoms with Crippen molar-refractivity contribution in [3.05, 3.63) is 41.5 Å². The predicted octanol–water partition coefficient (Wildman–Crippen LogP) is 4.79. The average Bonchev–Trinajstić information content (AvgIpc) is 2.28. The van der Waals surface area contributed by atoms with Crippen molar-refractivity contribution in [2.45, 2.75) is 27.2 Å². The third-order valence-electron chi connectivity index (χ3n) is 2.41. The number of nitriles is 1. The number of halogens is 1. The Morgan fingerprint density at radius 3 is 2.38 bits per heavy atom. The molecule has 0 radical (unpaired) electrons. The molecule has 0 unspecified atom stereocenters. The summed E-state index contributed by atoms with van der Waals surface area (Å²) in [5.41, 5.74) is 2.22. The van der Waals surface area contributed by atoms with Crippen molar-refractivity contribution in [2.75, 3.05) is 0 Å². The first-order chi connectivity index (χ1) is 7.46. The van der Waals surface area contributed by atoms with E-state index >= 15 is 0 Å². The second-order valence-corrected chi connectivity index (χ2v) is 5.71. The highest BCUT2D eigenvalue weighted by molar-refractivity contribution is 14.1. The van der Waals surface area contributed by atoms with Gasteiger partial charge in [-0.1, -0.05) is 35.9 Å². The molecule has 0 aliphatic carbocycles. The monoisotopic (exact) mass is 325 g/mol. The maximum absolute atomic E-state index is 9.02. The van der Waals surface area contributed by atoms with Crippen LogP contribution in [0.15, 0.2) is 35.9 Å². The largest absolute Gasteiger partial charge is 0.198 e. The molecule has 0 fully saturated rings. The number of hydrogen-bond donors (Lipinski definition) is 0. The van der Waals surface area contributed by atoms with E-state index in [2.05, 4.69) is 47.7 Å². The van der Waals surface area contributed by atoms with Gasteiger partial charge in [-0.25, -0.2) is 0 Å². The molecular weight excluding hydrogens is 309 g/mol. The van der Waals surface area contributed by atoms with E-state index in [9.17, 15) is 0 Å². The van der Waals surface area contributed by atoms with Crippen molar-refractivity contribution in [1.82, 2.24) is 0 Å². The van der Waals surface area contributed by atoms with Crippen LogP contribution in [-0.2, 0) is 0 Å². The Labute approximate surface area is 111 Å². The average molecular weight is 325 g/mol. The topological polar surface area (TPSA) is 23.8 Å². The van der Waals surface area contributed by atoms with Gasteiger partial charge in [-0.15, -0.1) is 0 Å². The molecule has 1 aromatic rings. The smallest absolute Gasteiger partial charge is 0.0687 e. The lowest BCUT2D eigenvalue weighted by Crippen LogP contribution is -2.08. The molecule has 0 aliphatic heterocycles. The van der Waals surface area contributed by atoms with Crippen LogP contribution in [0, 0.1) is 16.7 Å². The fourth-order valence-corrected chi connectivity index (χ4v) is 2.16. The lowest BCUT2D eigenvalue weighted by molar-refractivity contribution is 0.492. The molecule has 1 rings (SSSR count). The van der Waals surface area contributed by atoms with E-state index in [1.807, 2.05) is 32.0 Å². The first kappa shape index (κ1) is 13.2. The molecule has 0 spiro atoms. The van der Waals surface area contributed by atoms with Crippen LogP contribution in [0.2, 0.25) is 0 Å². The molecule has 0 bridgehead atoms. The fourth-order valence-electron chi connectivity index (χ4n) is 1.61. The summed E-state index contributed by atoms with van der Waals surface area (Å²) >= 11 is 2.36. The van der Waals surface area contributed by atoms with Crippen molar-refractivity contribution in [3.63, 3.8) is 0 Å². The van der Waals surface area contributed by atoms with E-state index in [1.54, 1.807) is 0 Å². The molecule has 0 N–H and O–H groups in total. The zero-order chi connectivity index (χ0) is 12.2. The minimum Gasteiger partial charge on any atom is -0.198 e. The Morgan fingerprint density at radius 2 is 1.88 bits per heavy atom. The highest BCUT2D eigenvalue weighted by Crippen LogP contribution is 2.32. The Balaban J connectivity index is 2.95. The SMILES string of the molecule is C/C(CC(C)(C)C#N)=C(/I)c1ccccc1. The molecule has 1 nitrogen and oxygen atoms in total. The molecule has 0 aliphatic rings. The predicted molar refractivity (Wildman–Crippen MR) is 77.1 cm³/mol. The number of allylic oxidation sites excluding steroid dienone is 1. The van der Waals surface area contributed by atoms with Gasteiger partial charge < -0.3 is 0 Å². The molecule has 0 heterocycles. The normalized spacial score (nSPS) is 12.9. The van der Waals surface area contributed by atoms with Crippen molar-refractivity contribution in [2.24, 2.45) is 5.41 Å². The van der Waals surface area contributed by atoms with E-state index in [0.29, 0.717) is 0 Å². The van der Waals surface area contributed by atoms with Gasteiger partial charge in [0.1, 0.15) is 0 Å². The van der Waals surface area contributed by atoms with E-state index in [1.165, 1.54) is 14.7 Å². The number of rotatable bonds is 3. The van der Waals surface area contributed by atoms with Crippen LogP contribution in [0.4, 0.5) is 0 Å². The van der Waals surface area contributed by atoms with E-state index in [4.69, 9.17) is 5.26 Å². The number of hydrogen-bond acceptors (Lipinski definition) is 1.